The molecule has 1 aliphatic heterocycles. The first kappa shape index (κ1) is 12.1. The summed E-state index contributed by atoms with van der Waals surface area (Å²) >= 11 is 4.17. The zero-order valence-electron chi connectivity index (χ0n) is 8.34. The number of hydrogen-bond acceptors (Lipinski definition) is 5. The average Bonchev–Trinajstić information content (AvgIpc) is 2.58. The third kappa shape index (κ3) is 2.34. The summed E-state index contributed by atoms with van der Waals surface area (Å²) in [7, 11) is 0. The third-order valence-corrected chi connectivity index (χ3v) is 2.54. The molecule has 0 radical (unpaired) electrons. The maximum atomic E-state index is 11.6. The van der Waals surface area contributed by atoms with Gasteiger partial charge in [-0.15, -0.1) is 0 Å². The van der Waals surface area contributed by atoms with Gasteiger partial charge in [-0.1, -0.05) is 0 Å². The maximum Gasteiger partial charge on any atom is 0.228 e. The van der Waals surface area contributed by atoms with E-state index in [4.69, 9.17) is 15.8 Å². The van der Waals surface area contributed by atoms with E-state index in [9.17, 15) is 4.79 Å². The van der Waals surface area contributed by atoms with Crippen LogP contribution in [0.3, 0.4) is 0 Å². The molecule has 0 aromatic rings. The van der Waals surface area contributed by atoms with Gasteiger partial charge >= 0.3 is 0 Å². The topological polar surface area (TPSA) is 91.7 Å². The largest absolute Gasteiger partial charge is 0.312 e. The van der Waals surface area contributed by atoms with Gasteiger partial charge in [-0.2, -0.15) is 28.4 Å². The number of thiol groups is 1. The summed E-state index contributed by atoms with van der Waals surface area (Å²) in [6, 6.07) is 5.25. The number of carbonyl (C=O) groups excluding carboxylic acids is 1. The molecule has 1 heterocycles. The number of likely N-dealkylation sites (tertiary alicyclic amines) is 1. The Balaban J connectivity index is 3.12. The van der Waals surface area contributed by atoms with Crippen LogP contribution in [0.1, 0.15) is 12.8 Å². The second kappa shape index (κ2) is 5.21. The number of allylic oxidation sites excluding steroid dienone is 2. The quantitative estimate of drug-likeness (QED) is 0.561. The Labute approximate surface area is 98.6 Å². The van der Waals surface area contributed by atoms with Crippen molar-refractivity contribution in [2.45, 2.75) is 18.1 Å². The summed E-state index contributed by atoms with van der Waals surface area (Å²) < 4.78 is 0. The molecule has 1 unspecified atom stereocenters. The molecule has 0 spiro atoms. The van der Waals surface area contributed by atoms with E-state index in [1.807, 2.05) is 6.07 Å². The molecule has 5 nitrogen and oxygen atoms in total. The molecular weight excluding hydrogens is 224 g/mol. The van der Waals surface area contributed by atoms with Crippen molar-refractivity contribution in [2.24, 2.45) is 0 Å². The van der Waals surface area contributed by atoms with Gasteiger partial charge in [-0.25, -0.2) is 0 Å². The molecular formula is C10H8N4OS. The second-order valence-corrected chi connectivity index (χ2v) is 3.97. The number of amides is 1. The summed E-state index contributed by atoms with van der Waals surface area (Å²) in [6.45, 7) is 0.339. The van der Waals surface area contributed by atoms with E-state index in [2.05, 4.69) is 12.6 Å². The molecule has 80 valence electrons. The Morgan fingerprint density at radius 1 is 1.44 bits per heavy atom. The Bertz CT molecular complexity index is 447. The number of rotatable bonds is 2. The van der Waals surface area contributed by atoms with Crippen LogP contribution in [-0.4, -0.2) is 22.6 Å². The SMILES string of the molecule is N#CCC(=C(C#N)C#N)N1CC(S)CC1=O. The van der Waals surface area contributed by atoms with Crippen LogP contribution in [0.5, 0.6) is 0 Å². The van der Waals surface area contributed by atoms with E-state index in [1.165, 1.54) is 4.90 Å². The van der Waals surface area contributed by atoms with Crippen LogP contribution in [0, 0.1) is 34.0 Å². The Morgan fingerprint density at radius 3 is 2.44 bits per heavy atom. The number of carbonyl (C=O) groups is 1. The zero-order chi connectivity index (χ0) is 12.1. The van der Waals surface area contributed by atoms with Gasteiger partial charge in [-0.3, -0.25) is 4.79 Å². The molecule has 1 atom stereocenters. The molecule has 1 saturated heterocycles. The van der Waals surface area contributed by atoms with Crippen LogP contribution in [0.4, 0.5) is 0 Å². The standard InChI is InChI=1S/C10H8N4OS/c11-2-1-9(7(4-12)5-13)14-6-8(16)3-10(14)15/h8,16H,1,3,6H2. The van der Waals surface area contributed by atoms with E-state index >= 15 is 0 Å². The zero-order valence-corrected chi connectivity index (χ0v) is 9.24. The van der Waals surface area contributed by atoms with E-state index in [0.717, 1.165) is 0 Å². The predicted octanol–water partition coefficient (Wildman–Crippen LogP) is 0.732. The summed E-state index contributed by atoms with van der Waals surface area (Å²) in [4.78, 5) is 12.9. The van der Waals surface area contributed by atoms with Crippen molar-refractivity contribution >= 4 is 18.5 Å². The number of hydrogen-bond donors (Lipinski definition) is 1. The lowest BCUT2D eigenvalue weighted by Crippen LogP contribution is -2.25. The summed E-state index contributed by atoms with van der Waals surface area (Å²) in [5.74, 6) is -0.201. The van der Waals surface area contributed by atoms with Crippen molar-refractivity contribution in [1.29, 1.82) is 15.8 Å². The smallest absolute Gasteiger partial charge is 0.228 e. The summed E-state index contributed by atoms with van der Waals surface area (Å²) in [6.07, 6.45) is 0.144. The van der Waals surface area contributed by atoms with E-state index < -0.39 is 0 Å². The van der Waals surface area contributed by atoms with Crippen molar-refractivity contribution in [3.05, 3.63) is 11.3 Å². The van der Waals surface area contributed by atoms with E-state index in [0.29, 0.717) is 6.54 Å². The highest BCUT2D eigenvalue weighted by atomic mass is 32.1. The molecule has 0 aromatic carbocycles. The van der Waals surface area contributed by atoms with Crippen LogP contribution in [0.15, 0.2) is 11.3 Å². The van der Waals surface area contributed by atoms with Crippen molar-refractivity contribution < 1.29 is 4.79 Å². The lowest BCUT2D eigenvalue weighted by Gasteiger charge is -2.17. The molecule has 0 bridgehead atoms. The van der Waals surface area contributed by atoms with Gasteiger partial charge < -0.3 is 4.90 Å². The molecule has 0 aromatic heterocycles. The van der Waals surface area contributed by atoms with E-state index in [1.54, 1.807) is 12.1 Å². The lowest BCUT2D eigenvalue weighted by atomic mass is 10.2. The fourth-order valence-corrected chi connectivity index (χ4v) is 1.82. The van der Waals surface area contributed by atoms with Crippen molar-refractivity contribution in [3.8, 4) is 18.2 Å². The van der Waals surface area contributed by atoms with Gasteiger partial charge in [0, 0.05) is 18.2 Å². The van der Waals surface area contributed by atoms with Gasteiger partial charge in [0.25, 0.3) is 0 Å². The summed E-state index contributed by atoms with van der Waals surface area (Å²) in [5, 5.41) is 26.0. The van der Waals surface area contributed by atoms with Gasteiger partial charge in [0.15, 0.2) is 0 Å². The van der Waals surface area contributed by atoms with Crippen LogP contribution in [0.25, 0.3) is 0 Å². The average molecular weight is 232 g/mol. The van der Waals surface area contributed by atoms with Gasteiger partial charge in [0.2, 0.25) is 5.91 Å². The van der Waals surface area contributed by atoms with Crippen molar-refractivity contribution in [1.82, 2.24) is 4.90 Å². The molecule has 16 heavy (non-hydrogen) atoms. The minimum Gasteiger partial charge on any atom is -0.312 e. The normalized spacial score (nSPS) is 18.5. The molecule has 0 N–H and O–H groups in total. The molecule has 1 fully saturated rings. The fourth-order valence-electron chi connectivity index (χ4n) is 1.50. The molecule has 0 aliphatic carbocycles. The minimum atomic E-state index is -0.201. The maximum absolute atomic E-state index is 11.6. The summed E-state index contributed by atoms with van der Waals surface area (Å²) in [5.41, 5.74) is 0.00591. The lowest BCUT2D eigenvalue weighted by molar-refractivity contribution is -0.126. The molecule has 1 amide bonds. The van der Waals surface area contributed by atoms with Crippen LogP contribution >= 0.6 is 12.6 Å². The fraction of sp³-hybridized carbons (Fsp3) is 0.400. The van der Waals surface area contributed by atoms with E-state index in [-0.39, 0.29) is 35.3 Å². The van der Waals surface area contributed by atoms with Crippen LogP contribution in [-0.2, 0) is 4.79 Å². The number of nitriles is 3. The molecule has 1 rings (SSSR count). The number of nitrogens with zero attached hydrogens (tertiary/aromatic N) is 4. The third-order valence-electron chi connectivity index (χ3n) is 2.19. The van der Waals surface area contributed by atoms with Gasteiger partial charge in [0.05, 0.1) is 18.2 Å². The Morgan fingerprint density at radius 2 is 2.06 bits per heavy atom. The monoisotopic (exact) mass is 232 g/mol. The molecule has 1 aliphatic rings. The van der Waals surface area contributed by atoms with Crippen LogP contribution < -0.4 is 0 Å². The molecule has 0 saturated carbocycles. The van der Waals surface area contributed by atoms with Crippen molar-refractivity contribution in [2.75, 3.05) is 6.54 Å². The first-order chi connectivity index (χ1) is 7.63. The molecule has 6 heteroatoms. The predicted molar refractivity (Wildman–Crippen MR) is 57.6 cm³/mol. The minimum absolute atomic E-state index is 0.111. The Kier molecular flexibility index (Phi) is 3.94. The highest BCUT2D eigenvalue weighted by Gasteiger charge is 2.31. The highest BCUT2D eigenvalue weighted by molar-refractivity contribution is 7.81. The van der Waals surface area contributed by atoms with Crippen molar-refractivity contribution in [3.63, 3.8) is 0 Å². The highest BCUT2D eigenvalue weighted by Crippen LogP contribution is 2.24. The Hall–Kier alpha value is -1.97. The first-order valence-electron chi connectivity index (χ1n) is 4.52. The first-order valence-corrected chi connectivity index (χ1v) is 5.04. The van der Waals surface area contributed by atoms with Gasteiger partial charge in [0.1, 0.15) is 17.7 Å². The van der Waals surface area contributed by atoms with Gasteiger partial charge in [-0.05, 0) is 0 Å². The second-order valence-electron chi connectivity index (χ2n) is 3.24. The van der Waals surface area contributed by atoms with Crippen LogP contribution in [0.2, 0.25) is 0 Å².